The number of benzene rings is 2. The zero-order chi connectivity index (χ0) is 21.9. The number of nitriles is 1. The largest absolute Gasteiger partial charge is 0.496 e. The van der Waals surface area contributed by atoms with E-state index in [0.717, 1.165) is 6.07 Å². The lowest BCUT2D eigenvalue weighted by Crippen LogP contribution is -2.35. The first-order chi connectivity index (χ1) is 14.2. The Labute approximate surface area is 171 Å². The molecule has 11 heteroatoms. The zero-order valence-electron chi connectivity index (χ0n) is 15.7. The fourth-order valence-corrected chi connectivity index (χ4v) is 4.15. The van der Waals surface area contributed by atoms with Gasteiger partial charge < -0.3 is 14.8 Å². The summed E-state index contributed by atoms with van der Waals surface area (Å²) >= 11 is 0. The third-order valence-electron chi connectivity index (χ3n) is 4.40. The SMILES string of the molecule is COc1ccc(S(=O)(=O)NC2CCOC2)cc1C(=O)Nc1cc(F)c(C#N)cc1F. The number of amides is 1. The highest BCUT2D eigenvalue weighted by Gasteiger charge is 2.25. The number of sulfonamides is 1. The number of hydrogen-bond donors (Lipinski definition) is 2. The van der Waals surface area contributed by atoms with Gasteiger partial charge in [0.05, 0.1) is 35.4 Å². The van der Waals surface area contributed by atoms with E-state index < -0.39 is 38.8 Å². The number of nitrogens with one attached hydrogen (secondary N) is 2. The van der Waals surface area contributed by atoms with Crippen molar-refractivity contribution in [3.8, 4) is 11.8 Å². The summed E-state index contributed by atoms with van der Waals surface area (Å²) in [4.78, 5) is 12.5. The molecule has 0 radical (unpaired) electrons. The van der Waals surface area contributed by atoms with Gasteiger partial charge in [0, 0.05) is 18.7 Å². The molecule has 158 valence electrons. The summed E-state index contributed by atoms with van der Waals surface area (Å²) in [6.07, 6.45) is 0.520. The second kappa shape index (κ2) is 8.74. The van der Waals surface area contributed by atoms with Crippen LogP contribution in [-0.2, 0) is 14.8 Å². The second-order valence-corrected chi connectivity index (χ2v) is 8.14. The van der Waals surface area contributed by atoms with Gasteiger partial charge in [-0.3, -0.25) is 4.79 Å². The Hall–Kier alpha value is -3.07. The molecule has 1 aliphatic heterocycles. The molecule has 2 N–H and O–H groups in total. The molecule has 30 heavy (non-hydrogen) atoms. The van der Waals surface area contributed by atoms with E-state index in [-0.39, 0.29) is 28.9 Å². The summed E-state index contributed by atoms with van der Waals surface area (Å²) in [5.41, 5.74) is -1.22. The maximum atomic E-state index is 14.1. The van der Waals surface area contributed by atoms with Crippen LogP contribution < -0.4 is 14.8 Å². The maximum Gasteiger partial charge on any atom is 0.259 e. The first kappa shape index (κ1) is 21.6. The van der Waals surface area contributed by atoms with Crippen LogP contribution in [0.3, 0.4) is 0 Å². The average molecular weight is 437 g/mol. The van der Waals surface area contributed by atoms with Crippen LogP contribution in [0.25, 0.3) is 0 Å². The number of carbonyl (C=O) groups excluding carboxylic acids is 1. The van der Waals surface area contributed by atoms with E-state index in [1.54, 1.807) is 0 Å². The standard InChI is InChI=1S/C19H17F2N3O5S/c1-28-18-3-2-13(30(26,27)24-12-4-5-29-10-12)7-14(18)19(25)23-17-8-15(20)11(9-22)6-16(17)21/h2-3,6-8,12,24H,4-5,10H2,1H3,(H,23,25). The molecule has 8 nitrogen and oxygen atoms in total. The smallest absolute Gasteiger partial charge is 0.259 e. The number of halogens is 2. The molecular weight excluding hydrogens is 420 g/mol. The predicted octanol–water partition coefficient (Wildman–Crippen LogP) is 2.16. The number of nitrogens with zero attached hydrogens (tertiary/aromatic N) is 1. The molecule has 3 rings (SSSR count). The minimum atomic E-state index is -3.96. The van der Waals surface area contributed by atoms with Gasteiger partial charge in [-0.05, 0) is 30.7 Å². The topological polar surface area (TPSA) is 118 Å². The van der Waals surface area contributed by atoms with E-state index in [1.807, 2.05) is 0 Å². The highest BCUT2D eigenvalue weighted by atomic mass is 32.2. The predicted molar refractivity (Wildman–Crippen MR) is 102 cm³/mol. The van der Waals surface area contributed by atoms with E-state index in [9.17, 15) is 22.0 Å². The Morgan fingerprint density at radius 3 is 2.67 bits per heavy atom. The summed E-state index contributed by atoms with van der Waals surface area (Å²) < 4.78 is 65.8. The quantitative estimate of drug-likeness (QED) is 0.715. The van der Waals surface area contributed by atoms with Crippen molar-refractivity contribution < 1.29 is 31.5 Å². The van der Waals surface area contributed by atoms with Crippen molar-refractivity contribution >= 4 is 21.6 Å². The van der Waals surface area contributed by atoms with E-state index in [4.69, 9.17) is 14.7 Å². The highest BCUT2D eigenvalue weighted by Crippen LogP contribution is 2.26. The minimum Gasteiger partial charge on any atom is -0.496 e. The second-order valence-electron chi connectivity index (χ2n) is 6.42. The minimum absolute atomic E-state index is 0.0326. The summed E-state index contributed by atoms with van der Waals surface area (Å²) in [7, 11) is -2.68. The molecular formula is C19H17F2N3O5S. The van der Waals surface area contributed by atoms with Crippen molar-refractivity contribution in [1.82, 2.24) is 4.72 Å². The van der Waals surface area contributed by atoms with Gasteiger partial charge in [-0.2, -0.15) is 5.26 Å². The summed E-state index contributed by atoms with van der Waals surface area (Å²) in [6, 6.07) is 6.04. The lowest BCUT2D eigenvalue weighted by molar-refractivity contribution is 0.102. The molecule has 0 aliphatic carbocycles. The maximum absolute atomic E-state index is 14.1. The fourth-order valence-electron chi connectivity index (χ4n) is 2.86. The molecule has 2 aromatic rings. The molecule has 1 saturated heterocycles. The van der Waals surface area contributed by atoms with Gasteiger partial charge in [0.1, 0.15) is 23.5 Å². The van der Waals surface area contributed by atoms with Gasteiger partial charge in [0.15, 0.2) is 0 Å². The number of anilines is 1. The number of rotatable bonds is 6. The Bertz CT molecular complexity index is 1130. The van der Waals surface area contributed by atoms with Crippen molar-refractivity contribution in [3.05, 3.63) is 53.1 Å². The molecule has 0 saturated carbocycles. The lowest BCUT2D eigenvalue weighted by atomic mass is 10.1. The van der Waals surface area contributed by atoms with Gasteiger partial charge >= 0.3 is 0 Å². The van der Waals surface area contributed by atoms with Crippen molar-refractivity contribution in [1.29, 1.82) is 5.26 Å². The molecule has 1 aliphatic rings. The first-order valence-electron chi connectivity index (χ1n) is 8.73. The summed E-state index contributed by atoms with van der Waals surface area (Å²) in [6.45, 7) is 0.683. The molecule has 1 atom stereocenters. The summed E-state index contributed by atoms with van der Waals surface area (Å²) in [5.74, 6) is -2.92. The van der Waals surface area contributed by atoms with Crippen LogP contribution in [0, 0.1) is 23.0 Å². The molecule has 1 fully saturated rings. The number of hydrogen-bond acceptors (Lipinski definition) is 6. The monoisotopic (exact) mass is 437 g/mol. The Morgan fingerprint density at radius 1 is 1.27 bits per heavy atom. The van der Waals surface area contributed by atoms with Crippen molar-refractivity contribution in [2.75, 3.05) is 25.6 Å². The third-order valence-corrected chi connectivity index (χ3v) is 5.92. The third kappa shape index (κ3) is 4.56. The van der Waals surface area contributed by atoms with Gasteiger partial charge in [0.25, 0.3) is 5.91 Å². The van der Waals surface area contributed by atoms with Crippen LogP contribution in [0.15, 0.2) is 35.2 Å². The van der Waals surface area contributed by atoms with E-state index in [1.165, 1.54) is 25.3 Å². The normalized spacial score (nSPS) is 16.1. The zero-order valence-corrected chi connectivity index (χ0v) is 16.6. The Balaban J connectivity index is 1.91. The number of methoxy groups -OCH3 is 1. The molecule has 1 amide bonds. The molecule has 0 aromatic heterocycles. The first-order valence-corrected chi connectivity index (χ1v) is 10.2. The van der Waals surface area contributed by atoms with Crippen LogP contribution in [-0.4, -0.2) is 40.7 Å². The molecule has 1 heterocycles. The van der Waals surface area contributed by atoms with Crippen LogP contribution in [0.4, 0.5) is 14.5 Å². The van der Waals surface area contributed by atoms with Gasteiger partial charge in [-0.25, -0.2) is 21.9 Å². The highest BCUT2D eigenvalue weighted by molar-refractivity contribution is 7.89. The van der Waals surface area contributed by atoms with Gasteiger partial charge in [-0.1, -0.05) is 0 Å². The van der Waals surface area contributed by atoms with Crippen LogP contribution in [0.1, 0.15) is 22.3 Å². The average Bonchev–Trinajstić information content (AvgIpc) is 3.22. The van der Waals surface area contributed by atoms with Gasteiger partial charge in [0.2, 0.25) is 10.0 Å². The van der Waals surface area contributed by atoms with E-state index in [0.29, 0.717) is 25.2 Å². The van der Waals surface area contributed by atoms with Crippen LogP contribution in [0.2, 0.25) is 0 Å². The van der Waals surface area contributed by atoms with Crippen molar-refractivity contribution in [2.24, 2.45) is 0 Å². The summed E-state index contributed by atoms with van der Waals surface area (Å²) in [5, 5.41) is 10.9. The van der Waals surface area contributed by atoms with E-state index in [2.05, 4.69) is 10.0 Å². The van der Waals surface area contributed by atoms with Crippen molar-refractivity contribution in [2.45, 2.75) is 17.4 Å². The molecule has 0 spiro atoms. The van der Waals surface area contributed by atoms with Crippen molar-refractivity contribution in [3.63, 3.8) is 0 Å². The molecule has 0 bridgehead atoms. The Kier molecular flexibility index (Phi) is 6.31. The molecule has 2 aromatic carbocycles. The Morgan fingerprint density at radius 2 is 2.03 bits per heavy atom. The van der Waals surface area contributed by atoms with Gasteiger partial charge in [-0.15, -0.1) is 0 Å². The molecule has 1 unspecified atom stereocenters. The fraction of sp³-hybridized carbons (Fsp3) is 0.263. The number of ether oxygens (including phenoxy) is 2. The van der Waals surface area contributed by atoms with Crippen LogP contribution >= 0.6 is 0 Å². The van der Waals surface area contributed by atoms with E-state index >= 15 is 0 Å². The number of carbonyl (C=O) groups is 1. The lowest BCUT2D eigenvalue weighted by Gasteiger charge is -2.14. The van der Waals surface area contributed by atoms with Crippen LogP contribution in [0.5, 0.6) is 5.75 Å².